The summed E-state index contributed by atoms with van der Waals surface area (Å²) >= 11 is 0. The highest BCUT2D eigenvalue weighted by molar-refractivity contribution is 5.92. The Labute approximate surface area is 152 Å². The maximum Gasteiger partial charge on any atom is 0.413 e. The molecule has 26 heavy (non-hydrogen) atoms. The van der Waals surface area contributed by atoms with Gasteiger partial charge in [-0.15, -0.1) is 0 Å². The van der Waals surface area contributed by atoms with E-state index in [9.17, 15) is 9.59 Å². The maximum atomic E-state index is 12.7. The Hall–Kier alpha value is -2.70. The SMILES string of the molecule is CCn1cc(OC(=O)NC(C)(C)CC)c2cc(OC)c(OC)cc2c1=O. The zero-order chi connectivity index (χ0) is 19.5. The summed E-state index contributed by atoms with van der Waals surface area (Å²) in [5.41, 5.74) is -0.586. The molecule has 0 aliphatic carbocycles. The second-order valence-corrected chi connectivity index (χ2v) is 6.59. The van der Waals surface area contributed by atoms with Crippen molar-refractivity contribution in [2.75, 3.05) is 14.2 Å². The van der Waals surface area contributed by atoms with E-state index < -0.39 is 11.6 Å². The van der Waals surface area contributed by atoms with Gasteiger partial charge in [-0.05, 0) is 39.3 Å². The second-order valence-electron chi connectivity index (χ2n) is 6.59. The Morgan fingerprint density at radius 1 is 1.08 bits per heavy atom. The Bertz CT molecular complexity index is 870. The number of hydrogen-bond donors (Lipinski definition) is 1. The molecule has 7 heteroatoms. The number of carbonyl (C=O) groups excluding carboxylic acids is 1. The first-order valence-electron chi connectivity index (χ1n) is 8.55. The summed E-state index contributed by atoms with van der Waals surface area (Å²) in [7, 11) is 3.01. The average Bonchev–Trinajstić information content (AvgIpc) is 2.62. The smallest absolute Gasteiger partial charge is 0.413 e. The number of carbonyl (C=O) groups is 1. The van der Waals surface area contributed by atoms with Crippen molar-refractivity contribution in [2.45, 2.75) is 46.2 Å². The van der Waals surface area contributed by atoms with E-state index in [1.54, 1.807) is 12.1 Å². The zero-order valence-corrected chi connectivity index (χ0v) is 16.1. The summed E-state index contributed by atoms with van der Waals surface area (Å²) in [5, 5.41) is 3.70. The highest BCUT2D eigenvalue weighted by atomic mass is 16.6. The van der Waals surface area contributed by atoms with E-state index in [0.29, 0.717) is 28.8 Å². The lowest BCUT2D eigenvalue weighted by Crippen LogP contribution is -2.44. The topological polar surface area (TPSA) is 78.8 Å². The Balaban J connectivity index is 2.59. The first-order valence-corrected chi connectivity index (χ1v) is 8.55. The van der Waals surface area contributed by atoms with Crippen LogP contribution >= 0.6 is 0 Å². The average molecular weight is 362 g/mol. The third-order valence-electron chi connectivity index (χ3n) is 4.42. The van der Waals surface area contributed by atoms with E-state index in [2.05, 4.69) is 5.32 Å². The number of pyridine rings is 1. The van der Waals surface area contributed by atoms with Crippen molar-refractivity contribution in [1.29, 1.82) is 0 Å². The Morgan fingerprint density at radius 3 is 2.15 bits per heavy atom. The van der Waals surface area contributed by atoms with E-state index in [-0.39, 0.29) is 11.3 Å². The highest BCUT2D eigenvalue weighted by Crippen LogP contribution is 2.35. The minimum Gasteiger partial charge on any atom is -0.493 e. The molecule has 0 unspecified atom stereocenters. The number of methoxy groups -OCH3 is 2. The molecule has 0 spiro atoms. The van der Waals surface area contributed by atoms with Crippen molar-refractivity contribution in [1.82, 2.24) is 9.88 Å². The van der Waals surface area contributed by atoms with Crippen LogP contribution in [0.25, 0.3) is 10.8 Å². The van der Waals surface area contributed by atoms with Crippen LogP contribution in [0.15, 0.2) is 23.1 Å². The van der Waals surface area contributed by atoms with Gasteiger partial charge < -0.3 is 24.1 Å². The van der Waals surface area contributed by atoms with Crippen molar-refractivity contribution in [3.63, 3.8) is 0 Å². The van der Waals surface area contributed by atoms with Gasteiger partial charge in [0.25, 0.3) is 5.56 Å². The molecule has 0 bridgehead atoms. The third kappa shape index (κ3) is 3.92. The molecule has 0 fully saturated rings. The van der Waals surface area contributed by atoms with Crippen LogP contribution in [0.3, 0.4) is 0 Å². The van der Waals surface area contributed by atoms with E-state index >= 15 is 0 Å². The largest absolute Gasteiger partial charge is 0.493 e. The maximum absolute atomic E-state index is 12.7. The molecule has 0 atom stereocenters. The van der Waals surface area contributed by atoms with Crippen LogP contribution < -0.4 is 25.1 Å². The van der Waals surface area contributed by atoms with Crippen molar-refractivity contribution < 1.29 is 19.0 Å². The number of ether oxygens (including phenoxy) is 3. The normalized spacial score (nSPS) is 11.3. The molecule has 0 radical (unpaired) electrons. The van der Waals surface area contributed by atoms with Gasteiger partial charge in [0.05, 0.1) is 25.8 Å². The molecule has 2 rings (SSSR count). The third-order valence-corrected chi connectivity index (χ3v) is 4.42. The van der Waals surface area contributed by atoms with Gasteiger partial charge in [-0.1, -0.05) is 6.92 Å². The fourth-order valence-electron chi connectivity index (χ4n) is 2.49. The van der Waals surface area contributed by atoms with Crippen LogP contribution in [0.5, 0.6) is 17.2 Å². The van der Waals surface area contributed by atoms with E-state index in [0.717, 1.165) is 6.42 Å². The molecule has 1 aromatic heterocycles. The fourth-order valence-corrected chi connectivity index (χ4v) is 2.49. The van der Waals surface area contributed by atoms with Gasteiger partial charge in [-0.2, -0.15) is 0 Å². The van der Waals surface area contributed by atoms with Gasteiger partial charge in [-0.3, -0.25) is 4.79 Å². The molecular formula is C19H26N2O5. The summed E-state index contributed by atoms with van der Waals surface area (Å²) < 4.78 is 17.6. The summed E-state index contributed by atoms with van der Waals surface area (Å²) in [6.07, 6.45) is 1.71. The van der Waals surface area contributed by atoms with Gasteiger partial charge in [0, 0.05) is 17.5 Å². The summed E-state index contributed by atoms with van der Waals surface area (Å²) in [6.45, 7) is 8.09. The molecule has 2 aromatic rings. The van der Waals surface area contributed by atoms with Crippen LogP contribution in [0.1, 0.15) is 34.1 Å². The second kappa shape index (κ2) is 7.68. The van der Waals surface area contributed by atoms with Crippen molar-refractivity contribution >= 4 is 16.9 Å². The van der Waals surface area contributed by atoms with Crippen LogP contribution in [-0.2, 0) is 6.54 Å². The first kappa shape index (κ1) is 19.6. The molecular weight excluding hydrogens is 336 g/mol. The number of hydrogen-bond acceptors (Lipinski definition) is 5. The molecule has 1 N–H and O–H groups in total. The number of nitrogens with zero attached hydrogens (tertiary/aromatic N) is 1. The number of aromatic nitrogens is 1. The minimum absolute atomic E-state index is 0.190. The van der Waals surface area contributed by atoms with Crippen LogP contribution in [0.2, 0.25) is 0 Å². The van der Waals surface area contributed by atoms with Gasteiger partial charge in [0.2, 0.25) is 0 Å². The molecule has 0 aliphatic rings. The van der Waals surface area contributed by atoms with Crippen LogP contribution in [0.4, 0.5) is 4.79 Å². The number of benzene rings is 1. The highest BCUT2D eigenvalue weighted by Gasteiger charge is 2.21. The van der Waals surface area contributed by atoms with Crippen LogP contribution in [0, 0.1) is 0 Å². The standard InChI is InChI=1S/C19H26N2O5/c1-7-19(3,4)20-18(23)26-16-11-21(8-2)17(22)13-10-15(25-6)14(24-5)9-12(13)16/h9-11H,7-8H2,1-6H3,(H,20,23). The molecule has 1 amide bonds. The monoisotopic (exact) mass is 362 g/mol. The number of aryl methyl sites for hydroxylation is 1. The van der Waals surface area contributed by atoms with Crippen molar-refractivity contribution in [3.05, 3.63) is 28.7 Å². The summed E-state index contributed by atoms with van der Waals surface area (Å²) in [4.78, 5) is 25.0. The van der Waals surface area contributed by atoms with Crippen molar-refractivity contribution in [3.8, 4) is 17.2 Å². The van der Waals surface area contributed by atoms with Crippen molar-refractivity contribution in [2.24, 2.45) is 0 Å². The summed E-state index contributed by atoms with van der Waals surface area (Å²) in [5.74, 6) is 1.17. The Kier molecular flexibility index (Phi) is 5.79. The molecule has 0 saturated carbocycles. The predicted octanol–water partition coefficient (Wildman–Crippen LogP) is 3.32. The lowest BCUT2D eigenvalue weighted by atomic mass is 10.0. The molecule has 0 saturated heterocycles. The van der Waals surface area contributed by atoms with Gasteiger partial charge in [0.15, 0.2) is 17.2 Å². The summed E-state index contributed by atoms with van der Waals surface area (Å²) in [6, 6.07) is 3.24. The molecule has 7 nitrogen and oxygen atoms in total. The first-order chi connectivity index (χ1) is 12.3. The number of amides is 1. The molecule has 0 aliphatic heterocycles. The number of nitrogens with one attached hydrogen (secondary N) is 1. The van der Waals surface area contributed by atoms with E-state index in [4.69, 9.17) is 14.2 Å². The predicted molar refractivity (Wildman–Crippen MR) is 101 cm³/mol. The van der Waals surface area contributed by atoms with E-state index in [1.807, 2.05) is 27.7 Å². The molecule has 142 valence electrons. The Morgan fingerprint density at radius 2 is 1.65 bits per heavy atom. The molecule has 1 heterocycles. The van der Waals surface area contributed by atoms with Gasteiger partial charge in [0.1, 0.15) is 0 Å². The lowest BCUT2D eigenvalue weighted by molar-refractivity contribution is 0.188. The zero-order valence-electron chi connectivity index (χ0n) is 16.1. The van der Waals surface area contributed by atoms with Crippen LogP contribution in [-0.4, -0.2) is 30.4 Å². The minimum atomic E-state index is -0.575. The fraction of sp³-hybridized carbons (Fsp3) is 0.474. The quantitative estimate of drug-likeness (QED) is 0.853. The molecule has 1 aromatic carbocycles. The van der Waals surface area contributed by atoms with E-state index in [1.165, 1.54) is 25.0 Å². The van der Waals surface area contributed by atoms with Gasteiger partial charge >= 0.3 is 6.09 Å². The number of fused-ring (bicyclic) bond motifs is 1. The van der Waals surface area contributed by atoms with Gasteiger partial charge in [-0.25, -0.2) is 4.79 Å². The lowest BCUT2D eigenvalue weighted by Gasteiger charge is -2.24. The number of rotatable bonds is 6.